The van der Waals surface area contributed by atoms with Crippen molar-refractivity contribution in [2.75, 3.05) is 12.4 Å². The van der Waals surface area contributed by atoms with E-state index in [9.17, 15) is 18.4 Å². The zero-order valence-electron chi connectivity index (χ0n) is 13.1. The average molecular weight is 350 g/mol. The number of carbonyl (C=O) groups is 2. The van der Waals surface area contributed by atoms with Crippen LogP contribution in [0.3, 0.4) is 0 Å². The minimum Gasteiger partial charge on any atom is -0.355 e. The molecule has 7 heteroatoms. The van der Waals surface area contributed by atoms with Gasteiger partial charge in [-0.2, -0.15) is 8.78 Å². The maximum absolute atomic E-state index is 12.3. The van der Waals surface area contributed by atoms with E-state index in [-0.39, 0.29) is 11.8 Å². The van der Waals surface area contributed by atoms with Crippen LogP contribution in [0.25, 0.3) is 0 Å². The maximum atomic E-state index is 12.3. The van der Waals surface area contributed by atoms with Crippen LogP contribution in [0.4, 0.5) is 14.5 Å². The highest BCUT2D eigenvalue weighted by Crippen LogP contribution is 2.25. The summed E-state index contributed by atoms with van der Waals surface area (Å²) in [4.78, 5) is 24.5. The predicted molar refractivity (Wildman–Crippen MR) is 90.8 cm³/mol. The van der Waals surface area contributed by atoms with E-state index in [0.717, 1.165) is 0 Å². The molecular weight excluding hydrogens is 334 g/mol. The van der Waals surface area contributed by atoms with Gasteiger partial charge in [0.05, 0.1) is 0 Å². The van der Waals surface area contributed by atoms with Crippen molar-refractivity contribution in [1.29, 1.82) is 0 Å². The summed E-state index contributed by atoms with van der Waals surface area (Å²) in [7, 11) is 1.53. The second-order valence-electron chi connectivity index (χ2n) is 4.91. The average Bonchev–Trinajstić information content (AvgIpc) is 2.56. The van der Waals surface area contributed by atoms with Gasteiger partial charge in [0, 0.05) is 28.8 Å². The van der Waals surface area contributed by atoms with Gasteiger partial charge in [-0.3, -0.25) is 9.59 Å². The van der Waals surface area contributed by atoms with Crippen LogP contribution in [-0.4, -0.2) is 24.6 Å². The molecule has 0 heterocycles. The number of rotatable bonds is 5. The fraction of sp³-hybridized carbons (Fsp3) is 0.176. The number of anilines is 1. The molecule has 126 valence electrons. The first-order valence-corrected chi connectivity index (χ1v) is 7.98. The van der Waals surface area contributed by atoms with E-state index >= 15 is 0 Å². The standard InChI is InChI=1S/C17H16F2N2O2S/c1-10-13(16(23)20-2)4-3-5-14(10)21-15(22)11-6-8-12(9-7-11)24-17(18)19/h3-9,17H,1-2H3,(H,20,23)(H,21,22). The van der Waals surface area contributed by atoms with Crippen LogP contribution >= 0.6 is 11.8 Å². The number of carbonyl (C=O) groups excluding carboxylic acids is 2. The molecule has 2 aromatic carbocycles. The lowest BCUT2D eigenvalue weighted by molar-refractivity contribution is 0.0960. The Morgan fingerprint density at radius 1 is 1.04 bits per heavy atom. The number of amides is 2. The first-order chi connectivity index (χ1) is 11.4. The molecule has 24 heavy (non-hydrogen) atoms. The topological polar surface area (TPSA) is 58.2 Å². The van der Waals surface area contributed by atoms with Gasteiger partial charge in [0.1, 0.15) is 0 Å². The number of nitrogens with one attached hydrogen (secondary N) is 2. The summed E-state index contributed by atoms with van der Waals surface area (Å²) in [6, 6.07) is 10.9. The first-order valence-electron chi connectivity index (χ1n) is 7.10. The van der Waals surface area contributed by atoms with E-state index in [1.54, 1.807) is 25.1 Å². The number of thioether (sulfide) groups is 1. The number of halogens is 2. The summed E-state index contributed by atoms with van der Waals surface area (Å²) < 4.78 is 24.6. The quantitative estimate of drug-likeness (QED) is 0.804. The minimum atomic E-state index is -2.50. The molecule has 0 aliphatic rings. The fourth-order valence-electron chi connectivity index (χ4n) is 2.13. The van der Waals surface area contributed by atoms with Crippen LogP contribution in [0.2, 0.25) is 0 Å². The van der Waals surface area contributed by atoms with E-state index in [4.69, 9.17) is 0 Å². The molecule has 2 rings (SSSR count). The molecular formula is C17H16F2N2O2S. The van der Waals surface area contributed by atoms with Gasteiger partial charge in [0.2, 0.25) is 0 Å². The summed E-state index contributed by atoms with van der Waals surface area (Å²) in [6.45, 7) is 1.74. The van der Waals surface area contributed by atoms with Crippen LogP contribution in [0.1, 0.15) is 26.3 Å². The van der Waals surface area contributed by atoms with Crippen LogP contribution in [-0.2, 0) is 0 Å². The third-order valence-corrected chi connectivity index (χ3v) is 4.12. The van der Waals surface area contributed by atoms with Gasteiger partial charge in [0.25, 0.3) is 17.6 Å². The molecule has 0 saturated carbocycles. The summed E-state index contributed by atoms with van der Waals surface area (Å²) >= 11 is 0.423. The molecule has 0 bridgehead atoms. The zero-order chi connectivity index (χ0) is 17.7. The lowest BCUT2D eigenvalue weighted by atomic mass is 10.1. The van der Waals surface area contributed by atoms with Crippen molar-refractivity contribution in [3.05, 3.63) is 59.2 Å². The van der Waals surface area contributed by atoms with Gasteiger partial charge in [-0.05, 0) is 48.9 Å². The zero-order valence-corrected chi connectivity index (χ0v) is 13.9. The predicted octanol–water partition coefficient (Wildman–Crippen LogP) is 3.92. The molecule has 2 aromatic rings. The van der Waals surface area contributed by atoms with Gasteiger partial charge in [-0.1, -0.05) is 17.8 Å². The Morgan fingerprint density at radius 3 is 2.29 bits per heavy atom. The molecule has 0 unspecified atom stereocenters. The van der Waals surface area contributed by atoms with E-state index in [1.807, 2.05) is 0 Å². The van der Waals surface area contributed by atoms with E-state index < -0.39 is 5.76 Å². The molecule has 4 nitrogen and oxygen atoms in total. The molecule has 0 aliphatic heterocycles. The van der Waals surface area contributed by atoms with Crippen LogP contribution < -0.4 is 10.6 Å². The smallest absolute Gasteiger partial charge is 0.288 e. The lowest BCUT2D eigenvalue weighted by Gasteiger charge is -2.12. The van der Waals surface area contributed by atoms with Gasteiger partial charge in [-0.15, -0.1) is 0 Å². The number of hydrogen-bond donors (Lipinski definition) is 2. The molecule has 0 aliphatic carbocycles. The normalized spacial score (nSPS) is 10.5. The third-order valence-electron chi connectivity index (χ3n) is 3.40. The largest absolute Gasteiger partial charge is 0.355 e. The van der Waals surface area contributed by atoms with Crippen LogP contribution in [0, 0.1) is 6.92 Å². The number of benzene rings is 2. The second kappa shape index (κ2) is 7.92. The van der Waals surface area contributed by atoms with E-state index in [2.05, 4.69) is 10.6 Å². The molecule has 0 atom stereocenters. The molecule has 0 fully saturated rings. The summed E-state index contributed by atoms with van der Waals surface area (Å²) in [5, 5.41) is 5.27. The highest BCUT2D eigenvalue weighted by atomic mass is 32.2. The molecule has 2 amide bonds. The Labute approximate surface area is 142 Å². The van der Waals surface area contributed by atoms with Crippen LogP contribution in [0.5, 0.6) is 0 Å². The number of hydrogen-bond acceptors (Lipinski definition) is 3. The highest BCUT2D eigenvalue weighted by molar-refractivity contribution is 7.99. The molecule has 0 spiro atoms. The van der Waals surface area contributed by atoms with Gasteiger partial charge in [0.15, 0.2) is 0 Å². The number of alkyl halides is 2. The Bertz CT molecular complexity index is 749. The third kappa shape index (κ3) is 4.32. The SMILES string of the molecule is CNC(=O)c1cccc(NC(=O)c2ccc(SC(F)F)cc2)c1C. The van der Waals surface area contributed by atoms with Crippen molar-refractivity contribution in [3.8, 4) is 0 Å². The van der Waals surface area contributed by atoms with Crippen molar-refractivity contribution < 1.29 is 18.4 Å². The molecule has 0 aromatic heterocycles. The lowest BCUT2D eigenvalue weighted by Crippen LogP contribution is -2.20. The highest BCUT2D eigenvalue weighted by Gasteiger charge is 2.13. The minimum absolute atomic E-state index is 0.239. The second-order valence-corrected chi connectivity index (χ2v) is 5.98. The Balaban J connectivity index is 2.16. The Morgan fingerprint density at radius 2 is 1.71 bits per heavy atom. The van der Waals surface area contributed by atoms with Gasteiger partial charge in [-0.25, -0.2) is 0 Å². The van der Waals surface area contributed by atoms with Crippen molar-refractivity contribution in [1.82, 2.24) is 5.32 Å². The monoisotopic (exact) mass is 350 g/mol. The van der Waals surface area contributed by atoms with Crippen molar-refractivity contribution in [3.63, 3.8) is 0 Å². The van der Waals surface area contributed by atoms with Gasteiger partial charge < -0.3 is 10.6 Å². The summed E-state index contributed by atoms with van der Waals surface area (Å²) in [5.74, 6) is -3.11. The first kappa shape index (κ1) is 17.9. The summed E-state index contributed by atoms with van der Waals surface area (Å²) in [5.41, 5.74) is 1.99. The maximum Gasteiger partial charge on any atom is 0.288 e. The Hall–Kier alpha value is -2.41. The summed E-state index contributed by atoms with van der Waals surface area (Å²) in [6.07, 6.45) is 0. The van der Waals surface area contributed by atoms with Crippen molar-refractivity contribution in [2.24, 2.45) is 0 Å². The molecule has 0 saturated heterocycles. The van der Waals surface area contributed by atoms with Crippen LogP contribution in [0.15, 0.2) is 47.4 Å². The van der Waals surface area contributed by atoms with E-state index in [1.165, 1.54) is 31.3 Å². The molecule has 0 radical (unpaired) electrons. The van der Waals surface area contributed by atoms with E-state index in [0.29, 0.717) is 39.0 Å². The van der Waals surface area contributed by atoms with Crippen molar-refractivity contribution in [2.45, 2.75) is 17.6 Å². The van der Waals surface area contributed by atoms with Gasteiger partial charge >= 0.3 is 0 Å². The fourth-order valence-corrected chi connectivity index (χ4v) is 2.63. The Kier molecular flexibility index (Phi) is 5.92. The van der Waals surface area contributed by atoms with Crippen molar-refractivity contribution >= 4 is 29.3 Å². The molecule has 2 N–H and O–H groups in total.